The topological polar surface area (TPSA) is 44.5 Å². The Morgan fingerprint density at radius 3 is 2.24 bits per heavy atom. The van der Waals surface area contributed by atoms with Gasteiger partial charge in [0.2, 0.25) is 0 Å². The first-order valence-electron chi connectivity index (χ1n) is 5.86. The van der Waals surface area contributed by atoms with Crippen LogP contribution in [0.15, 0.2) is 42.5 Å². The molecule has 0 aromatic heterocycles. The van der Waals surface area contributed by atoms with Crippen LogP contribution in [0.2, 0.25) is 5.02 Å². The van der Waals surface area contributed by atoms with Crippen LogP contribution in [0, 0.1) is 0 Å². The molecular weight excluding hydrogens is 307 g/mol. The van der Waals surface area contributed by atoms with E-state index < -0.39 is 6.36 Å². The maximum atomic E-state index is 12.0. The van der Waals surface area contributed by atoms with Crippen molar-refractivity contribution in [2.24, 2.45) is 0 Å². The van der Waals surface area contributed by atoms with Crippen molar-refractivity contribution >= 4 is 17.3 Å². The molecule has 3 nitrogen and oxygen atoms in total. The van der Waals surface area contributed by atoms with Crippen molar-refractivity contribution in [1.29, 1.82) is 0 Å². The Labute approximate surface area is 124 Å². The second-order valence-electron chi connectivity index (χ2n) is 4.16. The standard InChI is InChI=1S/C14H11ClF3NO2/c15-13-6-1-10(19)7-9(13)8-20-11-2-4-12(5-3-11)21-14(16,17)18/h1-7H,8,19H2. The van der Waals surface area contributed by atoms with Gasteiger partial charge in [-0.3, -0.25) is 0 Å². The lowest BCUT2D eigenvalue weighted by atomic mass is 10.2. The zero-order chi connectivity index (χ0) is 15.5. The average Bonchev–Trinajstić information content (AvgIpc) is 2.40. The van der Waals surface area contributed by atoms with Gasteiger partial charge in [0.15, 0.2) is 0 Å². The molecule has 112 valence electrons. The van der Waals surface area contributed by atoms with Crippen LogP contribution < -0.4 is 15.2 Å². The smallest absolute Gasteiger partial charge is 0.489 e. The largest absolute Gasteiger partial charge is 0.573 e. The minimum absolute atomic E-state index is 0.156. The number of nitrogens with two attached hydrogens (primary N) is 1. The summed E-state index contributed by atoms with van der Waals surface area (Å²) in [7, 11) is 0. The summed E-state index contributed by atoms with van der Waals surface area (Å²) in [6.45, 7) is 0.156. The highest BCUT2D eigenvalue weighted by Crippen LogP contribution is 2.26. The van der Waals surface area contributed by atoms with E-state index in [0.717, 1.165) is 0 Å². The molecule has 0 heterocycles. The second kappa shape index (κ2) is 6.13. The van der Waals surface area contributed by atoms with Crippen LogP contribution in [-0.2, 0) is 6.61 Å². The maximum absolute atomic E-state index is 12.0. The molecule has 7 heteroatoms. The lowest BCUT2D eigenvalue weighted by Crippen LogP contribution is -2.16. The molecule has 0 saturated heterocycles. The normalized spacial score (nSPS) is 11.2. The molecule has 0 aliphatic rings. The molecule has 0 amide bonds. The van der Waals surface area contributed by atoms with Crippen molar-refractivity contribution in [3.8, 4) is 11.5 Å². The van der Waals surface area contributed by atoms with Gasteiger partial charge < -0.3 is 15.2 Å². The highest BCUT2D eigenvalue weighted by Gasteiger charge is 2.30. The fraction of sp³-hybridized carbons (Fsp3) is 0.143. The van der Waals surface area contributed by atoms with Gasteiger partial charge in [-0.1, -0.05) is 11.6 Å². The Bertz CT molecular complexity index is 615. The number of hydrogen-bond acceptors (Lipinski definition) is 3. The molecule has 0 bridgehead atoms. The van der Waals surface area contributed by atoms with E-state index in [9.17, 15) is 13.2 Å². The van der Waals surface area contributed by atoms with Crippen LogP contribution in [0.1, 0.15) is 5.56 Å². The number of nitrogen functional groups attached to an aromatic ring is 1. The van der Waals surface area contributed by atoms with Gasteiger partial charge in [-0.15, -0.1) is 13.2 Å². The van der Waals surface area contributed by atoms with E-state index in [0.29, 0.717) is 22.0 Å². The molecule has 0 spiro atoms. The van der Waals surface area contributed by atoms with Crippen molar-refractivity contribution in [2.75, 3.05) is 5.73 Å². The first-order valence-corrected chi connectivity index (χ1v) is 6.24. The van der Waals surface area contributed by atoms with Crippen LogP contribution in [-0.4, -0.2) is 6.36 Å². The summed E-state index contributed by atoms with van der Waals surface area (Å²) in [4.78, 5) is 0. The summed E-state index contributed by atoms with van der Waals surface area (Å²) >= 11 is 5.98. The predicted octanol–water partition coefficient (Wildman–Crippen LogP) is 4.40. The molecule has 0 saturated carbocycles. The van der Waals surface area contributed by atoms with Crippen molar-refractivity contribution < 1.29 is 22.6 Å². The summed E-state index contributed by atoms with van der Waals surface area (Å²) < 4.78 is 45.2. The summed E-state index contributed by atoms with van der Waals surface area (Å²) in [5.74, 6) is 0.0832. The van der Waals surface area contributed by atoms with Crippen LogP contribution in [0.25, 0.3) is 0 Å². The van der Waals surface area contributed by atoms with Crippen molar-refractivity contribution in [1.82, 2.24) is 0 Å². The summed E-state index contributed by atoms with van der Waals surface area (Å²) in [5.41, 5.74) is 6.87. The number of alkyl halides is 3. The highest BCUT2D eigenvalue weighted by atomic mass is 35.5. The number of ether oxygens (including phenoxy) is 2. The molecule has 21 heavy (non-hydrogen) atoms. The van der Waals surface area contributed by atoms with Gasteiger partial charge in [-0.05, 0) is 42.5 Å². The third-order valence-electron chi connectivity index (χ3n) is 2.52. The molecule has 2 aromatic carbocycles. The lowest BCUT2D eigenvalue weighted by molar-refractivity contribution is -0.274. The van der Waals surface area contributed by atoms with Crippen molar-refractivity contribution in [3.05, 3.63) is 53.1 Å². The van der Waals surface area contributed by atoms with Crippen LogP contribution >= 0.6 is 11.6 Å². The van der Waals surface area contributed by atoms with Crippen LogP contribution in [0.5, 0.6) is 11.5 Å². The van der Waals surface area contributed by atoms with Gasteiger partial charge in [0.05, 0.1) is 0 Å². The predicted molar refractivity (Wildman–Crippen MR) is 73.3 cm³/mol. The molecule has 2 N–H and O–H groups in total. The quantitative estimate of drug-likeness (QED) is 0.850. The van der Waals surface area contributed by atoms with Gasteiger partial charge in [0.25, 0.3) is 0 Å². The molecule has 2 rings (SSSR count). The molecule has 0 unspecified atom stereocenters. The Kier molecular flexibility index (Phi) is 4.47. The van der Waals surface area contributed by atoms with Gasteiger partial charge in [-0.25, -0.2) is 0 Å². The van der Waals surface area contributed by atoms with Gasteiger partial charge in [0, 0.05) is 16.3 Å². The Hall–Kier alpha value is -2.08. The number of anilines is 1. The summed E-state index contributed by atoms with van der Waals surface area (Å²) in [5, 5.41) is 0.501. The number of hydrogen-bond donors (Lipinski definition) is 1. The zero-order valence-electron chi connectivity index (χ0n) is 10.7. The second-order valence-corrected chi connectivity index (χ2v) is 4.57. The van der Waals surface area contributed by atoms with E-state index in [1.54, 1.807) is 18.2 Å². The zero-order valence-corrected chi connectivity index (χ0v) is 11.4. The van der Waals surface area contributed by atoms with Crippen LogP contribution in [0.3, 0.4) is 0 Å². The van der Waals surface area contributed by atoms with Gasteiger partial charge in [0.1, 0.15) is 18.1 Å². The Morgan fingerprint density at radius 1 is 1.00 bits per heavy atom. The molecule has 0 radical (unpaired) electrons. The van der Waals surface area contributed by atoms with E-state index in [1.165, 1.54) is 24.3 Å². The molecule has 2 aromatic rings. The van der Waals surface area contributed by atoms with E-state index in [4.69, 9.17) is 22.1 Å². The first kappa shape index (κ1) is 15.3. The molecule has 0 atom stereocenters. The van der Waals surface area contributed by atoms with Crippen molar-refractivity contribution in [2.45, 2.75) is 13.0 Å². The molecule has 0 aliphatic heterocycles. The first-order chi connectivity index (χ1) is 9.83. The van der Waals surface area contributed by atoms with E-state index >= 15 is 0 Å². The highest BCUT2D eigenvalue weighted by molar-refractivity contribution is 6.31. The van der Waals surface area contributed by atoms with E-state index in [2.05, 4.69) is 4.74 Å². The van der Waals surface area contributed by atoms with Crippen molar-refractivity contribution in [3.63, 3.8) is 0 Å². The fourth-order valence-corrected chi connectivity index (χ4v) is 1.78. The Balaban J connectivity index is 1.99. The number of halogens is 4. The number of rotatable bonds is 4. The summed E-state index contributed by atoms with van der Waals surface area (Å²) in [6.07, 6.45) is -4.71. The minimum Gasteiger partial charge on any atom is -0.489 e. The molecule has 0 aliphatic carbocycles. The lowest BCUT2D eigenvalue weighted by Gasteiger charge is -2.11. The van der Waals surface area contributed by atoms with E-state index in [1.807, 2.05) is 0 Å². The number of benzene rings is 2. The van der Waals surface area contributed by atoms with Crippen LogP contribution in [0.4, 0.5) is 18.9 Å². The van der Waals surface area contributed by atoms with Gasteiger partial charge >= 0.3 is 6.36 Å². The maximum Gasteiger partial charge on any atom is 0.573 e. The SMILES string of the molecule is Nc1ccc(Cl)c(COc2ccc(OC(F)(F)F)cc2)c1. The Morgan fingerprint density at radius 2 is 1.62 bits per heavy atom. The summed E-state index contributed by atoms with van der Waals surface area (Å²) in [6, 6.07) is 10.1. The van der Waals surface area contributed by atoms with Gasteiger partial charge in [-0.2, -0.15) is 0 Å². The minimum atomic E-state index is -4.71. The molecule has 0 fully saturated rings. The third-order valence-corrected chi connectivity index (χ3v) is 2.89. The average molecular weight is 318 g/mol. The molecular formula is C14H11ClF3NO2. The third kappa shape index (κ3) is 4.75. The fourth-order valence-electron chi connectivity index (χ4n) is 1.60. The van der Waals surface area contributed by atoms with E-state index in [-0.39, 0.29) is 12.4 Å². The monoisotopic (exact) mass is 317 g/mol.